The Kier molecular flexibility index (Phi) is 5.87. The van der Waals surface area contributed by atoms with E-state index in [-0.39, 0.29) is 5.41 Å². The molecule has 0 aromatic heterocycles. The molecule has 0 saturated carbocycles. The van der Waals surface area contributed by atoms with Crippen LogP contribution in [0.5, 0.6) is 0 Å². The summed E-state index contributed by atoms with van der Waals surface area (Å²) in [6.07, 6.45) is 2.97. The molecule has 130 valence electrons. The second-order valence-electron chi connectivity index (χ2n) is 7.45. The van der Waals surface area contributed by atoms with E-state index in [0.29, 0.717) is 17.4 Å². The Morgan fingerprint density at radius 1 is 1.13 bits per heavy atom. The number of rotatable bonds is 5. The topological polar surface area (TPSA) is 46.6 Å². The van der Waals surface area contributed by atoms with Gasteiger partial charge in [0.05, 0.1) is 4.90 Å². The van der Waals surface area contributed by atoms with Crippen molar-refractivity contribution in [1.29, 1.82) is 0 Å². The molecule has 5 heteroatoms. The zero-order chi connectivity index (χ0) is 17.1. The van der Waals surface area contributed by atoms with Crippen molar-refractivity contribution in [2.45, 2.75) is 50.3 Å². The molecular weight excluding hydrogens is 310 g/mol. The zero-order valence-electron chi connectivity index (χ0n) is 14.7. The van der Waals surface area contributed by atoms with Gasteiger partial charge in [-0.3, -0.25) is 0 Å². The Morgan fingerprint density at radius 3 is 2.22 bits per heavy atom. The summed E-state index contributed by atoms with van der Waals surface area (Å²) in [4.78, 5) is 0.375. The second kappa shape index (κ2) is 7.32. The third kappa shape index (κ3) is 4.78. The van der Waals surface area contributed by atoms with Crippen LogP contribution in [0.1, 0.15) is 45.6 Å². The highest BCUT2D eigenvalue weighted by Gasteiger charge is 2.23. The molecule has 1 aliphatic heterocycles. The van der Waals surface area contributed by atoms with Gasteiger partial charge in [0.2, 0.25) is 10.0 Å². The van der Waals surface area contributed by atoms with E-state index in [1.54, 1.807) is 19.2 Å². The normalized spacial score (nSPS) is 17.6. The molecular formula is C18H29NO3S. The Balaban J connectivity index is 2.01. The molecule has 0 atom stereocenters. The summed E-state index contributed by atoms with van der Waals surface area (Å²) in [5.74, 6) is 0.574. The van der Waals surface area contributed by atoms with Crippen molar-refractivity contribution in [3.8, 4) is 0 Å². The van der Waals surface area contributed by atoms with Crippen LogP contribution < -0.4 is 0 Å². The van der Waals surface area contributed by atoms with Crippen LogP contribution in [-0.4, -0.2) is 39.5 Å². The Hall–Kier alpha value is -0.910. The summed E-state index contributed by atoms with van der Waals surface area (Å²) in [5, 5.41) is 0. The van der Waals surface area contributed by atoms with Crippen LogP contribution in [0.4, 0.5) is 0 Å². The fraction of sp³-hybridized carbons (Fsp3) is 0.667. The first kappa shape index (κ1) is 18.4. The van der Waals surface area contributed by atoms with Crippen molar-refractivity contribution >= 4 is 10.0 Å². The lowest BCUT2D eigenvalue weighted by atomic mass is 9.87. The number of benzene rings is 1. The molecule has 0 bridgehead atoms. The van der Waals surface area contributed by atoms with Crippen molar-refractivity contribution in [3.05, 3.63) is 29.8 Å². The van der Waals surface area contributed by atoms with E-state index in [1.807, 2.05) is 12.1 Å². The largest absolute Gasteiger partial charge is 0.381 e. The molecule has 1 aromatic rings. The summed E-state index contributed by atoms with van der Waals surface area (Å²) in [5.41, 5.74) is 1.17. The lowest BCUT2D eigenvalue weighted by Gasteiger charge is -2.25. The Morgan fingerprint density at radius 2 is 1.70 bits per heavy atom. The maximum Gasteiger partial charge on any atom is 0.242 e. The first-order chi connectivity index (χ1) is 10.7. The van der Waals surface area contributed by atoms with Gasteiger partial charge < -0.3 is 4.74 Å². The summed E-state index contributed by atoms with van der Waals surface area (Å²) >= 11 is 0. The standard InChI is InChI=1S/C18H29NO3S/c1-18(2,3)16-5-7-17(8-6-16)23(20,21)19(4)12-9-15-10-13-22-14-11-15/h5-8,15H,9-14H2,1-4H3. The summed E-state index contributed by atoms with van der Waals surface area (Å²) in [6, 6.07) is 7.28. The van der Waals surface area contributed by atoms with Crippen LogP contribution >= 0.6 is 0 Å². The fourth-order valence-corrected chi connectivity index (χ4v) is 4.01. The van der Waals surface area contributed by atoms with E-state index in [1.165, 1.54) is 4.31 Å². The summed E-state index contributed by atoms with van der Waals surface area (Å²) in [6.45, 7) is 8.53. The van der Waals surface area contributed by atoms with Gasteiger partial charge in [0.1, 0.15) is 0 Å². The van der Waals surface area contributed by atoms with Crippen LogP contribution in [0.15, 0.2) is 29.2 Å². The summed E-state index contributed by atoms with van der Waals surface area (Å²) < 4.78 is 32.2. The highest BCUT2D eigenvalue weighted by molar-refractivity contribution is 7.89. The number of sulfonamides is 1. The number of ether oxygens (including phenoxy) is 1. The molecule has 0 unspecified atom stereocenters. The van der Waals surface area contributed by atoms with Crippen molar-refractivity contribution in [1.82, 2.24) is 4.31 Å². The molecule has 1 heterocycles. The van der Waals surface area contributed by atoms with Gasteiger partial charge in [-0.1, -0.05) is 32.9 Å². The van der Waals surface area contributed by atoms with E-state index >= 15 is 0 Å². The van der Waals surface area contributed by atoms with Gasteiger partial charge in [0.15, 0.2) is 0 Å². The van der Waals surface area contributed by atoms with E-state index in [0.717, 1.165) is 38.0 Å². The van der Waals surface area contributed by atoms with Crippen molar-refractivity contribution in [2.75, 3.05) is 26.8 Å². The molecule has 0 amide bonds. The third-order valence-electron chi connectivity index (χ3n) is 4.62. The van der Waals surface area contributed by atoms with Crippen LogP contribution in [0, 0.1) is 5.92 Å². The molecule has 0 N–H and O–H groups in total. The van der Waals surface area contributed by atoms with Crippen molar-refractivity contribution < 1.29 is 13.2 Å². The minimum absolute atomic E-state index is 0.0250. The van der Waals surface area contributed by atoms with Gasteiger partial charge in [0, 0.05) is 26.8 Å². The first-order valence-electron chi connectivity index (χ1n) is 8.36. The molecule has 1 aliphatic rings. The second-order valence-corrected chi connectivity index (χ2v) is 9.49. The van der Waals surface area contributed by atoms with Gasteiger partial charge in [0.25, 0.3) is 0 Å². The smallest absolute Gasteiger partial charge is 0.242 e. The minimum atomic E-state index is -3.40. The molecule has 1 fully saturated rings. The lowest BCUT2D eigenvalue weighted by molar-refractivity contribution is 0.0628. The van der Waals surface area contributed by atoms with E-state index < -0.39 is 10.0 Å². The minimum Gasteiger partial charge on any atom is -0.381 e. The van der Waals surface area contributed by atoms with Gasteiger partial charge in [-0.15, -0.1) is 0 Å². The molecule has 4 nitrogen and oxygen atoms in total. The van der Waals surface area contributed by atoms with E-state index in [4.69, 9.17) is 4.74 Å². The summed E-state index contributed by atoms with van der Waals surface area (Å²) in [7, 11) is -1.73. The first-order valence-corrected chi connectivity index (χ1v) is 9.80. The average Bonchev–Trinajstić information content (AvgIpc) is 2.52. The molecule has 0 aliphatic carbocycles. The number of nitrogens with zero attached hydrogens (tertiary/aromatic N) is 1. The molecule has 0 spiro atoms. The van der Waals surface area contributed by atoms with Gasteiger partial charge in [-0.2, -0.15) is 0 Å². The zero-order valence-corrected chi connectivity index (χ0v) is 15.5. The van der Waals surface area contributed by atoms with E-state index in [2.05, 4.69) is 20.8 Å². The maximum absolute atomic E-state index is 12.7. The van der Waals surface area contributed by atoms with Crippen LogP contribution in [-0.2, 0) is 20.2 Å². The maximum atomic E-state index is 12.7. The molecule has 1 aromatic carbocycles. The quantitative estimate of drug-likeness (QED) is 0.826. The van der Waals surface area contributed by atoms with Crippen LogP contribution in [0.3, 0.4) is 0 Å². The lowest BCUT2D eigenvalue weighted by Crippen LogP contribution is -2.30. The van der Waals surface area contributed by atoms with Crippen molar-refractivity contribution in [2.24, 2.45) is 5.92 Å². The monoisotopic (exact) mass is 339 g/mol. The van der Waals surface area contributed by atoms with Crippen LogP contribution in [0.25, 0.3) is 0 Å². The predicted molar refractivity (Wildman–Crippen MR) is 93.1 cm³/mol. The fourth-order valence-electron chi connectivity index (χ4n) is 2.83. The average molecular weight is 340 g/mol. The van der Waals surface area contributed by atoms with Crippen LogP contribution in [0.2, 0.25) is 0 Å². The molecule has 2 rings (SSSR count). The third-order valence-corrected chi connectivity index (χ3v) is 6.49. The van der Waals surface area contributed by atoms with Gasteiger partial charge in [-0.05, 0) is 48.3 Å². The van der Waals surface area contributed by atoms with Gasteiger partial charge in [-0.25, -0.2) is 12.7 Å². The highest BCUT2D eigenvalue weighted by Crippen LogP contribution is 2.25. The SMILES string of the molecule is CN(CCC1CCOCC1)S(=O)(=O)c1ccc(C(C)(C)C)cc1. The number of hydrogen-bond acceptors (Lipinski definition) is 3. The Labute approximate surface area is 140 Å². The molecule has 1 saturated heterocycles. The highest BCUT2D eigenvalue weighted by atomic mass is 32.2. The predicted octanol–water partition coefficient (Wildman–Crippen LogP) is 3.42. The Bertz CT molecular complexity index is 596. The number of hydrogen-bond donors (Lipinski definition) is 0. The molecule has 23 heavy (non-hydrogen) atoms. The van der Waals surface area contributed by atoms with Gasteiger partial charge >= 0.3 is 0 Å². The molecule has 0 radical (unpaired) electrons. The van der Waals surface area contributed by atoms with E-state index in [9.17, 15) is 8.42 Å². The van der Waals surface area contributed by atoms with Crippen molar-refractivity contribution in [3.63, 3.8) is 0 Å².